The Morgan fingerprint density at radius 1 is 1.50 bits per heavy atom. The van der Waals surface area contributed by atoms with Crippen molar-refractivity contribution in [2.75, 3.05) is 31.6 Å². The third kappa shape index (κ3) is 4.34. The zero-order valence-electron chi connectivity index (χ0n) is 12.8. The van der Waals surface area contributed by atoms with Crippen LogP contribution >= 0.6 is 0 Å². The fourth-order valence-corrected chi connectivity index (χ4v) is 2.45. The molecule has 0 aliphatic carbocycles. The van der Waals surface area contributed by atoms with Gasteiger partial charge in [0.25, 0.3) is 0 Å². The molecule has 0 saturated carbocycles. The van der Waals surface area contributed by atoms with E-state index in [1.807, 2.05) is 0 Å². The van der Waals surface area contributed by atoms with E-state index in [0.29, 0.717) is 30.4 Å². The number of rotatable bonds is 7. The van der Waals surface area contributed by atoms with Gasteiger partial charge in [-0.1, -0.05) is 6.92 Å². The maximum atomic E-state index is 5.52. The van der Waals surface area contributed by atoms with Gasteiger partial charge in [-0.05, 0) is 39.2 Å². The van der Waals surface area contributed by atoms with Crippen LogP contribution in [-0.4, -0.2) is 47.2 Å². The molecule has 20 heavy (non-hydrogen) atoms. The molecule has 0 spiro atoms. The third-order valence-electron chi connectivity index (χ3n) is 3.68. The largest absolute Gasteiger partial charge is 0.478 e. The summed E-state index contributed by atoms with van der Waals surface area (Å²) in [6.07, 6.45) is 3.98. The number of aromatic nitrogens is 2. The zero-order valence-corrected chi connectivity index (χ0v) is 12.8. The topological polar surface area (TPSA) is 50.3 Å². The second-order valence-electron chi connectivity index (χ2n) is 5.69. The van der Waals surface area contributed by atoms with Gasteiger partial charge in [-0.2, -0.15) is 4.98 Å². The molecule has 112 valence electrons. The summed E-state index contributed by atoms with van der Waals surface area (Å²) < 4.78 is 5.52. The lowest BCUT2D eigenvalue weighted by Gasteiger charge is -2.20. The predicted molar refractivity (Wildman–Crippen MR) is 81.1 cm³/mol. The smallest absolute Gasteiger partial charge is 0.225 e. The Morgan fingerprint density at radius 3 is 3.05 bits per heavy atom. The van der Waals surface area contributed by atoms with Crippen molar-refractivity contribution in [2.45, 2.75) is 39.7 Å². The molecule has 2 rings (SSSR count). The second-order valence-corrected chi connectivity index (χ2v) is 5.69. The highest BCUT2D eigenvalue weighted by molar-refractivity contribution is 5.27. The first-order valence-electron chi connectivity index (χ1n) is 7.62. The van der Waals surface area contributed by atoms with Gasteiger partial charge in [0.05, 0.1) is 6.61 Å². The molecule has 1 N–H and O–H groups in total. The minimum Gasteiger partial charge on any atom is -0.478 e. The molecule has 1 atom stereocenters. The van der Waals surface area contributed by atoms with Crippen molar-refractivity contribution in [3.63, 3.8) is 0 Å². The quantitative estimate of drug-likeness (QED) is 0.830. The number of hydrogen-bond acceptors (Lipinski definition) is 5. The fraction of sp³-hybridized carbons (Fsp3) is 0.733. The summed E-state index contributed by atoms with van der Waals surface area (Å²) in [6.45, 7) is 10.6. The highest BCUT2D eigenvalue weighted by atomic mass is 16.5. The van der Waals surface area contributed by atoms with E-state index in [1.54, 1.807) is 12.3 Å². The Hall–Kier alpha value is -1.36. The fourth-order valence-electron chi connectivity index (χ4n) is 2.45. The van der Waals surface area contributed by atoms with Crippen molar-refractivity contribution in [1.82, 2.24) is 14.9 Å². The van der Waals surface area contributed by atoms with E-state index in [1.165, 1.54) is 13.0 Å². The van der Waals surface area contributed by atoms with Crippen LogP contribution in [0.15, 0.2) is 12.3 Å². The maximum Gasteiger partial charge on any atom is 0.225 e. The van der Waals surface area contributed by atoms with E-state index in [0.717, 1.165) is 19.5 Å². The monoisotopic (exact) mass is 278 g/mol. The lowest BCUT2D eigenvalue weighted by Crippen LogP contribution is -2.29. The Kier molecular flexibility index (Phi) is 5.59. The summed E-state index contributed by atoms with van der Waals surface area (Å²) in [5.41, 5.74) is 0. The minimum atomic E-state index is 0.641. The van der Waals surface area contributed by atoms with Gasteiger partial charge in [0.1, 0.15) is 0 Å². The number of ether oxygens (including phenoxy) is 1. The molecule has 1 fully saturated rings. The van der Waals surface area contributed by atoms with E-state index in [2.05, 4.69) is 41.0 Å². The summed E-state index contributed by atoms with van der Waals surface area (Å²) in [6, 6.07) is 2.44. The minimum absolute atomic E-state index is 0.641. The van der Waals surface area contributed by atoms with Crippen molar-refractivity contribution in [3.8, 4) is 5.88 Å². The molecule has 0 radical (unpaired) electrons. The maximum absolute atomic E-state index is 5.52. The van der Waals surface area contributed by atoms with E-state index in [-0.39, 0.29) is 0 Å². The second kappa shape index (κ2) is 7.43. The predicted octanol–water partition coefficient (Wildman–Crippen LogP) is 2.41. The van der Waals surface area contributed by atoms with Gasteiger partial charge in [0.2, 0.25) is 11.8 Å². The average Bonchev–Trinajstić information content (AvgIpc) is 2.92. The number of anilines is 1. The SMILES string of the molecule is CCCOc1ccnc(NCC2CCN(C(C)C)C2)n1. The molecular weight excluding hydrogens is 252 g/mol. The summed E-state index contributed by atoms with van der Waals surface area (Å²) >= 11 is 0. The summed E-state index contributed by atoms with van der Waals surface area (Å²) in [5.74, 6) is 2.00. The van der Waals surface area contributed by atoms with Crippen molar-refractivity contribution in [1.29, 1.82) is 0 Å². The van der Waals surface area contributed by atoms with Crippen molar-refractivity contribution < 1.29 is 4.74 Å². The summed E-state index contributed by atoms with van der Waals surface area (Å²) in [4.78, 5) is 11.1. The molecule has 0 bridgehead atoms. The highest BCUT2D eigenvalue weighted by Crippen LogP contribution is 2.19. The standard InChI is InChI=1S/C15H26N4O/c1-4-9-20-14-5-7-16-15(18-14)17-10-13-6-8-19(11-13)12(2)3/h5,7,12-13H,4,6,8-11H2,1-3H3,(H,16,17,18). The van der Waals surface area contributed by atoms with Gasteiger partial charge in [-0.3, -0.25) is 0 Å². The molecule has 1 unspecified atom stereocenters. The Labute approximate surface area is 121 Å². The lowest BCUT2D eigenvalue weighted by atomic mass is 10.1. The van der Waals surface area contributed by atoms with Gasteiger partial charge in [-0.25, -0.2) is 4.98 Å². The average molecular weight is 278 g/mol. The van der Waals surface area contributed by atoms with Crippen molar-refractivity contribution >= 4 is 5.95 Å². The van der Waals surface area contributed by atoms with Gasteiger partial charge >= 0.3 is 0 Å². The van der Waals surface area contributed by atoms with Crippen LogP contribution in [0.2, 0.25) is 0 Å². The van der Waals surface area contributed by atoms with Crippen LogP contribution in [0.5, 0.6) is 5.88 Å². The third-order valence-corrected chi connectivity index (χ3v) is 3.68. The number of nitrogens with one attached hydrogen (secondary N) is 1. The number of nitrogens with zero attached hydrogens (tertiary/aromatic N) is 3. The van der Waals surface area contributed by atoms with E-state index >= 15 is 0 Å². The molecule has 5 nitrogen and oxygen atoms in total. The molecular formula is C15H26N4O. The highest BCUT2D eigenvalue weighted by Gasteiger charge is 2.23. The Morgan fingerprint density at radius 2 is 2.35 bits per heavy atom. The van der Waals surface area contributed by atoms with Gasteiger partial charge in [-0.15, -0.1) is 0 Å². The zero-order chi connectivity index (χ0) is 14.4. The first-order chi connectivity index (χ1) is 9.69. The summed E-state index contributed by atoms with van der Waals surface area (Å²) in [5, 5.41) is 3.33. The van der Waals surface area contributed by atoms with Gasteiger partial charge in [0.15, 0.2) is 0 Å². The van der Waals surface area contributed by atoms with Crippen LogP contribution in [0, 0.1) is 5.92 Å². The number of likely N-dealkylation sites (tertiary alicyclic amines) is 1. The first kappa shape index (κ1) is 15.0. The molecule has 2 heterocycles. The van der Waals surface area contributed by atoms with Crippen LogP contribution in [0.1, 0.15) is 33.6 Å². The molecule has 1 aliphatic heterocycles. The van der Waals surface area contributed by atoms with Crippen LogP contribution in [0.4, 0.5) is 5.95 Å². The van der Waals surface area contributed by atoms with Crippen LogP contribution in [0.25, 0.3) is 0 Å². The van der Waals surface area contributed by atoms with Crippen LogP contribution < -0.4 is 10.1 Å². The van der Waals surface area contributed by atoms with Crippen molar-refractivity contribution in [3.05, 3.63) is 12.3 Å². The Bertz CT molecular complexity index is 411. The van der Waals surface area contributed by atoms with E-state index < -0.39 is 0 Å². The Balaban J connectivity index is 1.79. The number of hydrogen-bond donors (Lipinski definition) is 1. The molecule has 1 saturated heterocycles. The van der Waals surface area contributed by atoms with Crippen molar-refractivity contribution in [2.24, 2.45) is 5.92 Å². The molecule has 0 amide bonds. The molecule has 1 aliphatic rings. The van der Waals surface area contributed by atoms with Gasteiger partial charge in [0, 0.05) is 31.4 Å². The lowest BCUT2D eigenvalue weighted by molar-refractivity contribution is 0.266. The first-order valence-corrected chi connectivity index (χ1v) is 7.62. The molecule has 1 aromatic rings. The van der Waals surface area contributed by atoms with Crippen LogP contribution in [-0.2, 0) is 0 Å². The molecule has 5 heteroatoms. The summed E-state index contributed by atoms with van der Waals surface area (Å²) in [7, 11) is 0. The normalized spacial score (nSPS) is 19.5. The van der Waals surface area contributed by atoms with Crippen LogP contribution in [0.3, 0.4) is 0 Å². The van der Waals surface area contributed by atoms with E-state index in [4.69, 9.17) is 4.74 Å². The van der Waals surface area contributed by atoms with E-state index in [9.17, 15) is 0 Å². The van der Waals surface area contributed by atoms with Gasteiger partial charge < -0.3 is 15.0 Å². The molecule has 0 aromatic carbocycles. The molecule has 1 aromatic heterocycles.